The van der Waals surface area contributed by atoms with Crippen LogP contribution in [-0.2, 0) is 16.1 Å². The number of alkyl halides is 2. The minimum absolute atomic E-state index is 0.0191. The van der Waals surface area contributed by atoms with Crippen molar-refractivity contribution in [3.63, 3.8) is 0 Å². The number of carbonyl (C=O) groups excluding carboxylic acids is 2. The molecule has 0 radical (unpaired) electrons. The lowest BCUT2D eigenvalue weighted by atomic mass is 9.95. The Morgan fingerprint density at radius 2 is 1.79 bits per heavy atom. The SMILES string of the molecule is CCOc1cc(CN(C(=O)C2CCN(C(=O)OC(C)(C)C)CC2)C2CC2)ccc1OC(F)F. The zero-order valence-electron chi connectivity index (χ0n) is 19.8. The predicted molar refractivity (Wildman–Crippen MR) is 118 cm³/mol. The maximum atomic E-state index is 13.3. The molecule has 0 aromatic heterocycles. The summed E-state index contributed by atoms with van der Waals surface area (Å²) in [6.07, 6.45) is 2.74. The van der Waals surface area contributed by atoms with Crippen molar-refractivity contribution in [1.29, 1.82) is 0 Å². The molecule has 1 heterocycles. The van der Waals surface area contributed by atoms with Crippen LogP contribution in [0.5, 0.6) is 11.5 Å². The maximum absolute atomic E-state index is 13.3. The molecule has 2 aliphatic rings. The molecule has 184 valence electrons. The minimum Gasteiger partial charge on any atom is -0.490 e. The van der Waals surface area contributed by atoms with Gasteiger partial charge in [0, 0.05) is 31.6 Å². The quantitative estimate of drug-likeness (QED) is 0.547. The molecular weight excluding hydrogens is 434 g/mol. The highest BCUT2D eigenvalue weighted by Gasteiger charge is 2.38. The van der Waals surface area contributed by atoms with Crippen molar-refractivity contribution in [1.82, 2.24) is 9.80 Å². The number of carbonyl (C=O) groups is 2. The minimum atomic E-state index is -2.94. The monoisotopic (exact) mass is 468 g/mol. The molecule has 2 fully saturated rings. The largest absolute Gasteiger partial charge is 0.490 e. The second kappa shape index (κ2) is 10.6. The van der Waals surface area contributed by atoms with Crippen molar-refractivity contribution < 1.29 is 32.6 Å². The number of likely N-dealkylation sites (tertiary alicyclic amines) is 1. The van der Waals surface area contributed by atoms with Gasteiger partial charge in [-0.3, -0.25) is 4.79 Å². The summed E-state index contributed by atoms with van der Waals surface area (Å²) in [5.41, 5.74) is 0.245. The molecule has 3 rings (SSSR count). The number of piperidine rings is 1. The topological polar surface area (TPSA) is 68.3 Å². The fourth-order valence-electron chi connectivity index (χ4n) is 3.95. The van der Waals surface area contributed by atoms with Gasteiger partial charge < -0.3 is 24.0 Å². The number of amides is 2. The Bertz CT molecular complexity index is 831. The van der Waals surface area contributed by atoms with E-state index < -0.39 is 12.2 Å². The molecule has 0 unspecified atom stereocenters. The van der Waals surface area contributed by atoms with Crippen LogP contribution in [0.4, 0.5) is 13.6 Å². The van der Waals surface area contributed by atoms with E-state index in [4.69, 9.17) is 9.47 Å². The molecule has 1 saturated carbocycles. The van der Waals surface area contributed by atoms with Gasteiger partial charge in [-0.1, -0.05) is 6.07 Å². The van der Waals surface area contributed by atoms with Crippen molar-refractivity contribution in [2.24, 2.45) is 5.92 Å². The van der Waals surface area contributed by atoms with Crippen molar-refractivity contribution in [2.75, 3.05) is 19.7 Å². The first-order valence-electron chi connectivity index (χ1n) is 11.6. The van der Waals surface area contributed by atoms with Crippen LogP contribution in [0.1, 0.15) is 58.9 Å². The van der Waals surface area contributed by atoms with Crippen molar-refractivity contribution in [3.05, 3.63) is 23.8 Å². The molecule has 1 saturated heterocycles. The van der Waals surface area contributed by atoms with Gasteiger partial charge in [-0.2, -0.15) is 8.78 Å². The van der Waals surface area contributed by atoms with Crippen LogP contribution in [0.25, 0.3) is 0 Å². The van der Waals surface area contributed by atoms with Gasteiger partial charge >= 0.3 is 12.7 Å². The highest BCUT2D eigenvalue weighted by molar-refractivity contribution is 5.80. The van der Waals surface area contributed by atoms with Crippen LogP contribution in [0.15, 0.2) is 18.2 Å². The smallest absolute Gasteiger partial charge is 0.410 e. The van der Waals surface area contributed by atoms with Crippen LogP contribution >= 0.6 is 0 Å². The number of ether oxygens (including phenoxy) is 3. The lowest BCUT2D eigenvalue weighted by molar-refractivity contribution is -0.138. The molecule has 7 nitrogen and oxygen atoms in total. The molecule has 1 aliphatic heterocycles. The van der Waals surface area contributed by atoms with E-state index in [2.05, 4.69) is 4.74 Å². The molecule has 2 amide bonds. The summed E-state index contributed by atoms with van der Waals surface area (Å²) in [5.74, 6) is 0.142. The summed E-state index contributed by atoms with van der Waals surface area (Å²) in [5, 5.41) is 0. The maximum Gasteiger partial charge on any atom is 0.410 e. The van der Waals surface area contributed by atoms with E-state index in [1.165, 1.54) is 6.07 Å². The standard InChI is InChI=1S/C24H34F2N2O5/c1-5-31-20-14-16(6-9-19(20)32-22(25)26)15-28(18-7-8-18)21(29)17-10-12-27(13-11-17)23(30)33-24(2,3)4/h6,9,14,17-18,22H,5,7-8,10-13,15H2,1-4H3. The molecule has 33 heavy (non-hydrogen) atoms. The fourth-order valence-corrected chi connectivity index (χ4v) is 3.95. The Hall–Kier alpha value is -2.58. The molecule has 1 aliphatic carbocycles. The summed E-state index contributed by atoms with van der Waals surface area (Å²) in [6, 6.07) is 5.00. The Labute approximate surface area is 194 Å². The molecule has 1 aromatic rings. The number of nitrogens with zero attached hydrogens (tertiary/aromatic N) is 2. The van der Waals surface area contributed by atoms with Gasteiger partial charge in [0.1, 0.15) is 5.60 Å². The third-order valence-electron chi connectivity index (χ3n) is 5.64. The second-order valence-corrected chi connectivity index (χ2v) is 9.53. The second-order valence-electron chi connectivity index (χ2n) is 9.53. The first-order chi connectivity index (χ1) is 15.6. The zero-order chi connectivity index (χ0) is 24.2. The van der Waals surface area contributed by atoms with Crippen molar-refractivity contribution in [3.8, 4) is 11.5 Å². The van der Waals surface area contributed by atoms with Crippen LogP contribution < -0.4 is 9.47 Å². The summed E-state index contributed by atoms with van der Waals surface area (Å²) < 4.78 is 40.8. The molecule has 0 atom stereocenters. The molecular formula is C24H34F2N2O5. The average Bonchev–Trinajstić information content (AvgIpc) is 3.57. The van der Waals surface area contributed by atoms with E-state index in [1.807, 2.05) is 25.7 Å². The summed E-state index contributed by atoms with van der Waals surface area (Å²) in [4.78, 5) is 29.2. The Balaban J connectivity index is 1.64. The molecule has 9 heteroatoms. The van der Waals surface area contributed by atoms with E-state index in [0.717, 1.165) is 18.4 Å². The lowest BCUT2D eigenvalue weighted by Crippen LogP contribution is -2.46. The van der Waals surface area contributed by atoms with Crippen LogP contribution in [0.3, 0.4) is 0 Å². The number of hydrogen-bond donors (Lipinski definition) is 0. The third kappa shape index (κ3) is 7.20. The van der Waals surface area contributed by atoms with Crippen LogP contribution in [0, 0.1) is 5.92 Å². The van der Waals surface area contributed by atoms with E-state index in [-0.39, 0.29) is 35.5 Å². The molecule has 0 N–H and O–H groups in total. The zero-order valence-corrected chi connectivity index (χ0v) is 19.8. The van der Waals surface area contributed by atoms with Crippen LogP contribution in [-0.4, -0.2) is 59.8 Å². The lowest BCUT2D eigenvalue weighted by Gasteiger charge is -2.35. The highest BCUT2D eigenvalue weighted by Crippen LogP contribution is 2.34. The molecule has 0 spiro atoms. The Morgan fingerprint density at radius 1 is 1.12 bits per heavy atom. The first kappa shape index (κ1) is 25.1. The van der Waals surface area contributed by atoms with Gasteiger partial charge in [-0.15, -0.1) is 0 Å². The summed E-state index contributed by atoms with van der Waals surface area (Å²) in [6.45, 7) is 5.98. The van der Waals surface area contributed by atoms with Crippen LogP contribution in [0.2, 0.25) is 0 Å². The Kier molecular flexibility index (Phi) is 8.02. The number of hydrogen-bond acceptors (Lipinski definition) is 5. The average molecular weight is 469 g/mol. The Morgan fingerprint density at radius 3 is 2.33 bits per heavy atom. The van der Waals surface area contributed by atoms with Gasteiger partial charge in [0.2, 0.25) is 5.91 Å². The molecule has 0 bridgehead atoms. The number of benzene rings is 1. The third-order valence-corrected chi connectivity index (χ3v) is 5.64. The van der Waals surface area contributed by atoms with E-state index in [0.29, 0.717) is 39.1 Å². The number of rotatable bonds is 8. The van der Waals surface area contributed by atoms with Gasteiger partial charge in [0.05, 0.1) is 6.61 Å². The fraction of sp³-hybridized carbons (Fsp3) is 0.667. The molecule has 1 aromatic carbocycles. The van der Waals surface area contributed by atoms with Gasteiger partial charge in [0.15, 0.2) is 11.5 Å². The van der Waals surface area contributed by atoms with E-state index in [9.17, 15) is 18.4 Å². The van der Waals surface area contributed by atoms with E-state index in [1.54, 1.807) is 24.0 Å². The highest BCUT2D eigenvalue weighted by atomic mass is 19.3. The van der Waals surface area contributed by atoms with Gasteiger partial charge in [0.25, 0.3) is 0 Å². The summed E-state index contributed by atoms with van der Waals surface area (Å²) in [7, 11) is 0. The summed E-state index contributed by atoms with van der Waals surface area (Å²) >= 11 is 0. The van der Waals surface area contributed by atoms with E-state index >= 15 is 0 Å². The van der Waals surface area contributed by atoms with Gasteiger partial charge in [-0.25, -0.2) is 4.79 Å². The normalized spacial score (nSPS) is 17.1. The number of halogens is 2. The van der Waals surface area contributed by atoms with Crippen molar-refractivity contribution >= 4 is 12.0 Å². The first-order valence-corrected chi connectivity index (χ1v) is 11.6. The van der Waals surface area contributed by atoms with Crippen molar-refractivity contribution in [2.45, 2.75) is 78.2 Å². The predicted octanol–water partition coefficient (Wildman–Crippen LogP) is 4.82. The van der Waals surface area contributed by atoms with Gasteiger partial charge in [-0.05, 0) is 71.1 Å².